The minimum Gasteiger partial charge on any atom is -0.393 e. The number of aliphatic hydroxyl groups is 1. The van der Waals surface area contributed by atoms with Crippen LogP contribution in [-0.4, -0.2) is 33.2 Å². The molecule has 1 aliphatic carbocycles. The fraction of sp³-hybridized carbons (Fsp3) is 0.571. The monoisotopic (exact) mass is 298 g/mol. The Morgan fingerprint density at radius 2 is 1.95 bits per heavy atom. The lowest BCUT2D eigenvalue weighted by Gasteiger charge is -2.28. The summed E-state index contributed by atoms with van der Waals surface area (Å²) in [6, 6.07) is 6.82. The van der Waals surface area contributed by atoms with Crippen LogP contribution >= 0.6 is 0 Å². The second-order valence-electron chi connectivity index (χ2n) is 5.20. The summed E-state index contributed by atoms with van der Waals surface area (Å²) in [6.45, 7) is 0.595. The van der Waals surface area contributed by atoms with E-state index in [1.807, 2.05) is 0 Å². The van der Waals surface area contributed by atoms with Gasteiger partial charge in [-0.15, -0.1) is 0 Å². The van der Waals surface area contributed by atoms with Gasteiger partial charge in [0.25, 0.3) is 0 Å². The maximum atomic E-state index is 11.9. The number of rotatable bonds is 5. The number of hydrogen-bond acceptors (Lipinski definition) is 4. The van der Waals surface area contributed by atoms with E-state index in [1.54, 1.807) is 24.3 Å². The van der Waals surface area contributed by atoms with Gasteiger partial charge in [0.05, 0.1) is 11.8 Å². The van der Waals surface area contributed by atoms with Crippen molar-refractivity contribution < 1.29 is 13.5 Å². The van der Waals surface area contributed by atoms with E-state index < -0.39 is 10.0 Å². The quantitative estimate of drug-likeness (QED) is 0.771. The molecule has 20 heavy (non-hydrogen) atoms. The molecular weight excluding hydrogens is 276 g/mol. The largest absolute Gasteiger partial charge is 0.393 e. The first kappa shape index (κ1) is 15.3. The summed E-state index contributed by atoms with van der Waals surface area (Å²) in [4.78, 5) is 0.243. The molecule has 1 fully saturated rings. The van der Waals surface area contributed by atoms with Crippen LogP contribution < -0.4 is 10.0 Å². The summed E-state index contributed by atoms with van der Waals surface area (Å²) in [6.07, 6.45) is 3.73. The highest BCUT2D eigenvalue weighted by Crippen LogP contribution is 2.26. The molecule has 5 nitrogen and oxygen atoms in total. The number of nitrogens with one attached hydrogen (secondary N) is 2. The molecule has 0 bridgehead atoms. The van der Waals surface area contributed by atoms with Gasteiger partial charge in [-0.3, -0.25) is 0 Å². The predicted octanol–water partition coefficient (Wildman–Crippen LogP) is 1.56. The van der Waals surface area contributed by atoms with Gasteiger partial charge < -0.3 is 10.4 Å². The van der Waals surface area contributed by atoms with Gasteiger partial charge in [0.15, 0.2) is 0 Å². The lowest BCUT2D eigenvalue weighted by molar-refractivity contribution is 0.0763. The van der Waals surface area contributed by atoms with Crippen molar-refractivity contribution >= 4 is 15.7 Å². The molecular formula is C14H22N2O3S. The molecule has 0 heterocycles. The summed E-state index contributed by atoms with van der Waals surface area (Å²) in [7, 11) is -2.07. The summed E-state index contributed by atoms with van der Waals surface area (Å²) in [5, 5.41) is 13.1. The molecule has 2 rings (SSSR count). The van der Waals surface area contributed by atoms with Crippen LogP contribution in [0.1, 0.15) is 25.7 Å². The van der Waals surface area contributed by atoms with E-state index >= 15 is 0 Å². The van der Waals surface area contributed by atoms with Gasteiger partial charge in [-0.25, -0.2) is 13.1 Å². The second-order valence-corrected chi connectivity index (χ2v) is 7.05. The Bertz CT molecular complexity index is 545. The van der Waals surface area contributed by atoms with E-state index in [1.165, 1.54) is 7.05 Å². The summed E-state index contributed by atoms with van der Waals surface area (Å²) in [5.41, 5.74) is 0.583. The Morgan fingerprint density at radius 1 is 1.25 bits per heavy atom. The van der Waals surface area contributed by atoms with E-state index in [4.69, 9.17) is 0 Å². The zero-order valence-corrected chi connectivity index (χ0v) is 12.5. The first-order chi connectivity index (χ1) is 9.54. The zero-order chi connectivity index (χ0) is 14.6. The minimum absolute atomic E-state index is 0.189. The highest BCUT2D eigenvalue weighted by atomic mass is 32.2. The number of hydrogen-bond donors (Lipinski definition) is 3. The molecule has 0 saturated heterocycles. The maximum absolute atomic E-state index is 11.9. The molecule has 0 amide bonds. The SMILES string of the molecule is CNS(=O)(=O)c1ccccc1NCC1CCCCC1O. The average molecular weight is 298 g/mol. The topological polar surface area (TPSA) is 78.4 Å². The predicted molar refractivity (Wildman–Crippen MR) is 79.1 cm³/mol. The van der Waals surface area contributed by atoms with Crippen LogP contribution in [0.15, 0.2) is 29.2 Å². The molecule has 112 valence electrons. The van der Waals surface area contributed by atoms with Crippen LogP contribution in [0, 0.1) is 5.92 Å². The van der Waals surface area contributed by atoms with Crippen LogP contribution in [0.5, 0.6) is 0 Å². The number of aliphatic hydroxyl groups excluding tert-OH is 1. The molecule has 0 spiro atoms. The summed E-state index contributed by atoms with van der Waals surface area (Å²) >= 11 is 0. The van der Waals surface area contributed by atoms with Crippen molar-refractivity contribution in [3.8, 4) is 0 Å². The van der Waals surface area contributed by atoms with Crippen molar-refractivity contribution in [2.24, 2.45) is 5.92 Å². The van der Waals surface area contributed by atoms with Crippen molar-refractivity contribution in [2.45, 2.75) is 36.7 Å². The first-order valence-electron chi connectivity index (χ1n) is 6.99. The molecule has 3 N–H and O–H groups in total. The highest BCUT2D eigenvalue weighted by Gasteiger charge is 2.23. The first-order valence-corrected chi connectivity index (χ1v) is 8.47. The Morgan fingerprint density at radius 3 is 2.65 bits per heavy atom. The highest BCUT2D eigenvalue weighted by molar-refractivity contribution is 7.89. The van der Waals surface area contributed by atoms with Crippen molar-refractivity contribution in [3.05, 3.63) is 24.3 Å². The lowest BCUT2D eigenvalue weighted by Crippen LogP contribution is -2.30. The number of benzene rings is 1. The molecule has 1 saturated carbocycles. The van der Waals surface area contributed by atoms with Crippen molar-refractivity contribution in [2.75, 3.05) is 18.9 Å². The van der Waals surface area contributed by atoms with E-state index in [0.29, 0.717) is 12.2 Å². The molecule has 1 aromatic rings. The fourth-order valence-electron chi connectivity index (χ4n) is 2.62. The molecule has 6 heteroatoms. The molecule has 0 aliphatic heterocycles. The van der Waals surface area contributed by atoms with Gasteiger partial charge in [0.1, 0.15) is 4.90 Å². The van der Waals surface area contributed by atoms with E-state index in [0.717, 1.165) is 25.7 Å². The maximum Gasteiger partial charge on any atom is 0.242 e. The summed E-state index contributed by atoms with van der Waals surface area (Å²) in [5.74, 6) is 0.189. The molecule has 1 aliphatic rings. The van der Waals surface area contributed by atoms with Crippen molar-refractivity contribution in [3.63, 3.8) is 0 Å². The van der Waals surface area contributed by atoms with Crippen LogP contribution in [0.3, 0.4) is 0 Å². The normalized spacial score (nSPS) is 23.5. The van der Waals surface area contributed by atoms with Crippen LogP contribution in [0.4, 0.5) is 5.69 Å². The Balaban J connectivity index is 2.10. The van der Waals surface area contributed by atoms with Gasteiger partial charge in [-0.05, 0) is 32.0 Å². The standard InChI is InChI=1S/C14H22N2O3S/c1-15-20(18,19)14-9-5-3-7-12(14)16-10-11-6-2-4-8-13(11)17/h3,5,7,9,11,13,15-17H,2,4,6,8,10H2,1H3. The van der Waals surface area contributed by atoms with Gasteiger partial charge in [-0.1, -0.05) is 25.0 Å². The van der Waals surface area contributed by atoms with Crippen LogP contribution in [-0.2, 0) is 10.0 Å². The molecule has 2 atom stereocenters. The van der Waals surface area contributed by atoms with E-state index in [2.05, 4.69) is 10.0 Å². The zero-order valence-electron chi connectivity index (χ0n) is 11.7. The number of sulfonamides is 1. The smallest absolute Gasteiger partial charge is 0.242 e. The summed E-state index contributed by atoms with van der Waals surface area (Å²) < 4.78 is 26.2. The fourth-order valence-corrected chi connectivity index (χ4v) is 3.53. The average Bonchev–Trinajstić information content (AvgIpc) is 2.47. The third kappa shape index (κ3) is 3.50. The third-order valence-corrected chi connectivity index (χ3v) is 5.34. The number of para-hydroxylation sites is 1. The Hall–Kier alpha value is -1.11. The van der Waals surface area contributed by atoms with Gasteiger partial charge in [0.2, 0.25) is 10.0 Å². The lowest BCUT2D eigenvalue weighted by atomic mass is 9.86. The van der Waals surface area contributed by atoms with E-state index in [-0.39, 0.29) is 16.9 Å². The van der Waals surface area contributed by atoms with Gasteiger partial charge in [-0.2, -0.15) is 0 Å². The van der Waals surface area contributed by atoms with Crippen molar-refractivity contribution in [1.29, 1.82) is 0 Å². The Labute approximate surface area is 120 Å². The van der Waals surface area contributed by atoms with Crippen molar-refractivity contribution in [1.82, 2.24) is 4.72 Å². The third-order valence-electron chi connectivity index (χ3n) is 3.87. The van der Waals surface area contributed by atoms with Gasteiger partial charge in [0, 0.05) is 12.5 Å². The minimum atomic E-state index is -3.47. The molecule has 0 aromatic heterocycles. The molecule has 1 aromatic carbocycles. The van der Waals surface area contributed by atoms with Gasteiger partial charge >= 0.3 is 0 Å². The second kappa shape index (κ2) is 6.56. The van der Waals surface area contributed by atoms with E-state index in [9.17, 15) is 13.5 Å². The van der Waals surface area contributed by atoms with Crippen LogP contribution in [0.2, 0.25) is 0 Å². The Kier molecular flexibility index (Phi) is 5.01. The number of anilines is 1. The molecule has 0 radical (unpaired) electrons. The molecule has 2 unspecified atom stereocenters. The van der Waals surface area contributed by atoms with Crippen LogP contribution in [0.25, 0.3) is 0 Å².